The van der Waals surface area contributed by atoms with Gasteiger partial charge in [-0.25, -0.2) is 4.90 Å². The number of ether oxygens (including phenoxy) is 1. The van der Waals surface area contributed by atoms with Gasteiger partial charge in [0.05, 0.1) is 17.5 Å². The van der Waals surface area contributed by atoms with Crippen molar-refractivity contribution in [1.82, 2.24) is 0 Å². The van der Waals surface area contributed by atoms with Crippen LogP contribution in [-0.4, -0.2) is 23.7 Å². The molecule has 3 aliphatic rings. The summed E-state index contributed by atoms with van der Waals surface area (Å²) in [4.78, 5) is 40.1. The molecule has 154 valence electrons. The lowest BCUT2D eigenvalue weighted by Crippen LogP contribution is -2.32. The van der Waals surface area contributed by atoms with E-state index in [1.54, 1.807) is 43.3 Å². The molecule has 0 radical (unpaired) electrons. The minimum atomic E-state index is -0.678. The van der Waals surface area contributed by atoms with E-state index in [0.29, 0.717) is 28.8 Å². The predicted molar refractivity (Wildman–Crippen MR) is 112 cm³/mol. The number of carbonyl (C=O) groups excluding carboxylic acids is 3. The summed E-state index contributed by atoms with van der Waals surface area (Å²) in [6.07, 6.45) is 2.45. The van der Waals surface area contributed by atoms with Gasteiger partial charge in [0.15, 0.2) is 6.10 Å². The molecule has 0 unspecified atom stereocenters. The Labute approximate surface area is 176 Å². The van der Waals surface area contributed by atoms with Crippen molar-refractivity contribution in [3.8, 4) is 5.75 Å². The van der Waals surface area contributed by atoms with E-state index in [1.165, 1.54) is 4.90 Å². The maximum absolute atomic E-state index is 13.1. The second-order valence-corrected chi connectivity index (χ2v) is 8.88. The first-order valence-electron chi connectivity index (χ1n) is 10.7. The zero-order chi connectivity index (χ0) is 21.0. The Kier molecular flexibility index (Phi) is 4.49. The topological polar surface area (TPSA) is 63.7 Å². The normalized spacial score (nSPS) is 28.0. The zero-order valence-electron chi connectivity index (χ0n) is 17.2. The summed E-state index contributed by atoms with van der Waals surface area (Å²) in [6.45, 7) is 3.68. The predicted octanol–water partition coefficient (Wildman–Crippen LogP) is 4.18. The average molecular weight is 403 g/mol. The molecule has 30 heavy (non-hydrogen) atoms. The molecule has 2 aromatic carbocycles. The average Bonchev–Trinajstić information content (AvgIpc) is 3.42. The number of hydrogen-bond acceptors (Lipinski definition) is 4. The molecule has 2 bridgehead atoms. The summed E-state index contributed by atoms with van der Waals surface area (Å²) < 4.78 is 5.88. The second-order valence-electron chi connectivity index (χ2n) is 8.88. The highest BCUT2D eigenvalue weighted by molar-refractivity contribution is 6.22. The van der Waals surface area contributed by atoms with Gasteiger partial charge in [0, 0.05) is 11.6 Å². The van der Waals surface area contributed by atoms with Crippen molar-refractivity contribution in [2.45, 2.75) is 39.2 Å². The van der Waals surface area contributed by atoms with Crippen molar-refractivity contribution in [2.24, 2.45) is 23.7 Å². The molecule has 5 nitrogen and oxygen atoms in total. The number of aryl methyl sites for hydroxylation is 1. The van der Waals surface area contributed by atoms with Crippen molar-refractivity contribution < 1.29 is 19.1 Å². The van der Waals surface area contributed by atoms with Crippen LogP contribution in [0.25, 0.3) is 0 Å². The van der Waals surface area contributed by atoms with Gasteiger partial charge >= 0.3 is 0 Å². The van der Waals surface area contributed by atoms with Crippen LogP contribution in [0.1, 0.15) is 42.1 Å². The number of anilines is 1. The molecule has 0 N–H and O–H groups in total. The number of amides is 2. The Morgan fingerprint density at radius 1 is 1.00 bits per heavy atom. The van der Waals surface area contributed by atoms with Crippen molar-refractivity contribution >= 4 is 23.3 Å². The number of rotatable bonds is 5. The number of hydrogen-bond donors (Lipinski definition) is 0. The van der Waals surface area contributed by atoms with Gasteiger partial charge in [-0.3, -0.25) is 14.4 Å². The van der Waals surface area contributed by atoms with Crippen LogP contribution >= 0.6 is 0 Å². The van der Waals surface area contributed by atoms with Crippen LogP contribution in [0.5, 0.6) is 5.75 Å². The van der Waals surface area contributed by atoms with E-state index in [1.807, 2.05) is 19.1 Å². The molecule has 2 amide bonds. The number of ketones is 1. The Hall–Kier alpha value is -2.95. The summed E-state index contributed by atoms with van der Waals surface area (Å²) in [7, 11) is 0. The molecule has 0 spiro atoms. The van der Waals surface area contributed by atoms with Gasteiger partial charge in [-0.1, -0.05) is 35.9 Å². The van der Waals surface area contributed by atoms with Crippen molar-refractivity contribution in [3.63, 3.8) is 0 Å². The first-order chi connectivity index (χ1) is 14.4. The molecule has 2 aromatic rings. The molecule has 2 saturated carbocycles. The molecule has 3 fully saturated rings. The molecule has 1 aliphatic heterocycles. The van der Waals surface area contributed by atoms with Crippen molar-refractivity contribution in [1.29, 1.82) is 0 Å². The van der Waals surface area contributed by atoms with Crippen LogP contribution in [0, 0.1) is 30.6 Å². The van der Waals surface area contributed by atoms with Gasteiger partial charge in [0.1, 0.15) is 5.75 Å². The summed E-state index contributed by atoms with van der Waals surface area (Å²) in [5, 5.41) is 0. The van der Waals surface area contributed by atoms with E-state index in [0.717, 1.165) is 24.8 Å². The largest absolute Gasteiger partial charge is 0.482 e. The molecule has 1 heterocycles. The third-order valence-electron chi connectivity index (χ3n) is 7.02. The Morgan fingerprint density at radius 2 is 1.63 bits per heavy atom. The second kappa shape index (κ2) is 7.08. The van der Waals surface area contributed by atoms with E-state index in [-0.39, 0.29) is 29.4 Å². The maximum Gasteiger partial charge on any atom is 0.237 e. The highest BCUT2D eigenvalue weighted by Crippen LogP contribution is 2.56. The first kappa shape index (κ1) is 19.0. The first-order valence-corrected chi connectivity index (χ1v) is 10.7. The summed E-state index contributed by atoms with van der Waals surface area (Å²) in [5.74, 6) is 0.629. The molecular formula is C25H25NO4. The highest BCUT2D eigenvalue weighted by atomic mass is 16.5. The third kappa shape index (κ3) is 2.95. The van der Waals surface area contributed by atoms with Gasteiger partial charge in [-0.2, -0.15) is 0 Å². The number of Topliss-reactive ketones (excluding diaryl/α,β-unsaturated/α-hetero) is 1. The Morgan fingerprint density at radius 3 is 2.27 bits per heavy atom. The van der Waals surface area contributed by atoms with E-state index < -0.39 is 6.10 Å². The molecule has 2 aliphatic carbocycles. The van der Waals surface area contributed by atoms with E-state index >= 15 is 0 Å². The lowest BCUT2D eigenvalue weighted by atomic mass is 9.81. The van der Waals surface area contributed by atoms with E-state index in [4.69, 9.17) is 4.74 Å². The van der Waals surface area contributed by atoms with Crippen LogP contribution in [-0.2, 0) is 9.59 Å². The molecular weight excluding hydrogens is 378 g/mol. The standard InChI is InChI=1S/C25H25NO4/c1-14-6-8-16(9-7-14)23(27)15(2)30-20-5-3-4-19(13-20)26-24(28)21-17-10-11-18(12-17)22(21)25(26)29/h3-9,13,15,17-18,21-22H,10-12H2,1-2H3/t15-,17-,18-,21-,22-/m0/s1. The fourth-order valence-electron chi connectivity index (χ4n) is 5.57. The minimum absolute atomic E-state index is 0.0712. The highest BCUT2D eigenvalue weighted by Gasteiger charge is 2.61. The quantitative estimate of drug-likeness (QED) is 0.555. The summed E-state index contributed by atoms with van der Waals surface area (Å²) >= 11 is 0. The van der Waals surface area contributed by atoms with Gasteiger partial charge in [-0.05, 0) is 57.1 Å². The molecule has 0 aromatic heterocycles. The smallest absolute Gasteiger partial charge is 0.237 e. The number of benzene rings is 2. The van der Waals surface area contributed by atoms with Crippen LogP contribution in [0.3, 0.4) is 0 Å². The van der Waals surface area contributed by atoms with Crippen molar-refractivity contribution in [2.75, 3.05) is 4.90 Å². The SMILES string of the molecule is Cc1ccc(C(=O)[C@H](C)Oc2cccc(N3C(=O)[C@H]4[C@H]5CC[C@@H](C5)[C@@H]4C3=O)c2)cc1. The number of nitrogens with zero attached hydrogens (tertiary/aromatic N) is 1. The maximum atomic E-state index is 13.1. The lowest BCUT2D eigenvalue weighted by molar-refractivity contribution is -0.123. The van der Waals surface area contributed by atoms with Gasteiger partial charge in [0.2, 0.25) is 17.6 Å². The molecule has 5 rings (SSSR count). The molecule has 5 atom stereocenters. The van der Waals surface area contributed by atoms with Gasteiger partial charge in [-0.15, -0.1) is 0 Å². The monoisotopic (exact) mass is 403 g/mol. The summed E-state index contributed by atoms with van der Waals surface area (Å²) in [5.41, 5.74) is 2.22. The van der Waals surface area contributed by atoms with Crippen LogP contribution in [0.4, 0.5) is 5.69 Å². The lowest BCUT2D eigenvalue weighted by Gasteiger charge is -2.19. The van der Waals surface area contributed by atoms with Crippen LogP contribution in [0.15, 0.2) is 48.5 Å². The van der Waals surface area contributed by atoms with Crippen LogP contribution < -0.4 is 9.64 Å². The third-order valence-corrected chi connectivity index (χ3v) is 7.02. The van der Waals surface area contributed by atoms with E-state index in [9.17, 15) is 14.4 Å². The number of carbonyl (C=O) groups is 3. The van der Waals surface area contributed by atoms with Gasteiger partial charge in [0.25, 0.3) is 0 Å². The summed E-state index contributed by atoms with van der Waals surface area (Å²) in [6, 6.07) is 14.3. The zero-order valence-corrected chi connectivity index (χ0v) is 17.2. The Balaban J connectivity index is 1.35. The molecule has 5 heteroatoms. The van der Waals surface area contributed by atoms with Gasteiger partial charge < -0.3 is 4.74 Å². The van der Waals surface area contributed by atoms with E-state index in [2.05, 4.69) is 0 Å². The fourth-order valence-corrected chi connectivity index (χ4v) is 5.57. The van der Waals surface area contributed by atoms with Crippen LogP contribution in [0.2, 0.25) is 0 Å². The van der Waals surface area contributed by atoms with Crippen molar-refractivity contribution in [3.05, 3.63) is 59.7 Å². The number of fused-ring (bicyclic) bond motifs is 5. The minimum Gasteiger partial charge on any atom is -0.482 e. The number of imide groups is 1. The molecule has 1 saturated heterocycles. The Bertz CT molecular complexity index is 1000. The fraction of sp³-hybridized carbons (Fsp3) is 0.400.